The van der Waals surface area contributed by atoms with Crippen molar-refractivity contribution in [3.8, 4) is 0 Å². The minimum absolute atomic E-state index is 0.368. The van der Waals surface area contributed by atoms with Crippen molar-refractivity contribution in [2.45, 2.75) is 19.0 Å². The van der Waals surface area contributed by atoms with Crippen LogP contribution in [0.15, 0.2) is 0 Å². The number of imide groups is 1. The van der Waals surface area contributed by atoms with Gasteiger partial charge in [-0.25, -0.2) is 4.79 Å². The normalized spacial score (nSPS) is 23.6. The minimum atomic E-state index is -0.817. The molecule has 7 nitrogen and oxygen atoms in total. The molecule has 1 fully saturated rings. The second kappa shape index (κ2) is 6.67. The standard InChI is InChI=1S/C11H23N5O2/c1-8(10(17)14-11(12)18)13-6-9-7-15(2)4-5-16(9)3/h8-9,13H,4-7H2,1-3H3,(H3,12,14,17,18). The fraction of sp³-hybridized carbons (Fsp3) is 0.818. The summed E-state index contributed by atoms with van der Waals surface area (Å²) in [6.45, 7) is 5.46. The first kappa shape index (κ1) is 14.9. The molecule has 3 amide bonds. The molecule has 0 aromatic heterocycles. The molecule has 1 aliphatic heterocycles. The van der Waals surface area contributed by atoms with Crippen molar-refractivity contribution < 1.29 is 9.59 Å². The molecule has 0 aromatic carbocycles. The summed E-state index contributed by atoms with van der Waals surface area (Å²) < 4.78 is 0. The van der Waals surface area contributed by atoms with Crippen molar-refractivity contribution in [3.05, 3.63) is 0 Å². The van der Waals surface area contributed by atoms with Crippen molar-refractivity contribution >= 4 is 11.9 Å². The average molecular weight is 257 g/mol. The van der Waals surface area contributed by atoms with Gasteiger partial charge in [0.05, 0.1) is 6.04 Å². The fourth-order valence-corrected chi connectivity index (χ4v) is 1.96. The Morgan fingerprint density at radius 2 is 2.06 bits per heavy atom. The number of nitrogens with one attached hydrogen (secondary N) is 2. The van der Waals surface area contributed by atoms with E-state index < -0.39 is 18.0 Å². The van der Waals surface area contributed by atoms with Crippen molar-refractivity contribution in [1.29, 1.82) is 0 Å². The van der Waals surface area contributed by atoms with Crippen LogP contribution < -0.4 is 16.4 Å². The SMILES string of the molecule is CC(NCC1CN(C)CCN1C)C(=O)NC(N)=O. The van der Waals surface area contributed by atoms with Gasteiger partial charge in [-0.1, -0.05) is 0 Å². The number of hydrogen-bond donors (Lipinski definition) is 3. The van der Waals surface area contributed by atoms with Crippen LogP contribution in [0.2, 0.25) is 0 Å². The number of carbonyl (C=O) groups is 2. The summed E-state index contributed by atoms with van der Waals surface area (Å²) in [7, 11) is 4.16. The van der Waals surface area contributed by atoms with Gasteiger partial charge in [0.25, 0.3) is 0 Å². The number of likely N-dealkylation sites (N-methyl/N-ethyl adjacent to an activating group) is 2. The number of carbonyl (C=O) groups excluding carboxylic acids is 2. The quantitative estimate of drug-likeness (QED) is 0.564. The van der Waals surface area contributed by atoms with E-state index in [-0.39, 0.29) is 0 Å². The molecular weight excluding hydrogens is 234 g/mol. The first-order valence-electron chi connectivity index (χ1n) is 6.12. The first-order valence-corrected chi connectivity index (χ1v) is 6.12. The molecule has 4 N–H and O–H groups in total. The van der Waals surface area contributed by atoms with E-state index in [2.05, 4.69) is 34.5 Å². The fourth-order valence-electron chi connectivity index (χ4n) is 1.96. The Morgan fingerprint density at radius 1 is 1.39 bits per heavy atom. The molecule has 0 saturated carbocycles. The predicted molar refractivity (Wildman–Crippen MR) is 69.1 cm³/mol. The number of piperazine rings is 1. The smallest absolute Gasteiger partial charge is 0.318 e. The highest BCUT2D eigenvalue weighted by molar-refractivity contribution is 5.96. The molecule has 0 spiro atoms. The second-order valence-electron chi connectivity index (χ2n) is 4.88. The Hall–Kier alpha value is -1.18. The lowest BCUT2D eigenvalue weighted by Gasteiger charge is -2.38. The van der Waals surface area contributed by atoms with Gasteiger partial charge in [-0.05, 0) is 21.0 Å². The van der Waals surface area contributed by atoms with Gasteiger partial charge in [0.1, 0.15) is 0 Å². The second-order valence-corrected chi connectivity index (χ2v) is 4.88. The lowest BCUT2D eigenvalue weighted by Crippen LogP contribution is -2.56. The minimum Gasteiger partial charge on any atom is -0.351 e. The molecule has 1 aliphatic rings. The maximum atomic E-state index is 11.5. The molecule has 18 heavy (non-hydrogen) atoms. The number of nitrogens with zero attached hydrogens (tertiary/aromatic N) is 2. The van der Waals surface area contributed by atoms with Crippen LogP contribution in [0.3, 0.4) is 0 Å². The molecule has 0 radical (unpaired) electrons. The lowest BCUT2D eigenvalue weighted by molar-refractivity contribution is -0.121. The Kier molecular flexibility index (Phi) is 5.52. The summed E-state index contributed by atoms with van der Waals surface area (Å²) in [6, 6.07) is -0.881. The molecule has 1 rings (SSSR count). The molecule has 0 aliphatic carbocycles. The van der Waals surface area contributed by atoms with Crippen molar-refractivity contribution in [3.63, 3.8) is 0 Å². The van der Waals surface area contributed by atoms with Crippen LogP contribution in [0.1, 0.15) is 6.92 Å². The highest BCUT2D eigenvalue weighted by Gasteiger charge is 2.23. The summed E-state index contributed by atoms with van der Waals surface area (Å²) in [6.07, 6.45) is 0. The van der Waals surface area contributed by atoms with Crippen molar-refractivity contribution in [2.75, 3.05) is 40.3 Å². The average Bonchev–Trinajstić information content (AvgIpc) is 2.29. The van der Waals surface area contributed by atoms with Gasteiger partial charge < -0.3 is 16.0 Å². The van der Waals surface area contributed by atoms with Crippen LogP contribution in [0, 0.1) is 0 Å². The maximum Gasteiger partial charge on any atom is 0.318 e. The lowest BCUT2D eigenvalue weighted by atomic mass is 10.1. The monoisotopic (exact) mass is 257 g/mol. The van der Waals surface area contributed by atoms with Crippen LogP contribution in [-0.2, 0) is 4.79 Å². The molecule has 0 bridgehead atoms. The van der Waals surface area contributed by atoms with E-state index in [1.54, 1.807) is 6.92 Å². The molecule has 104 valence electrons. The molecule has 2 unspecified atom stereocenters. The topological polar surface area (TPSA) is 90.7 Å². The summed E-state index contributed by atoms with van der Waals surface area (Å²) in [5.41, 5.74) is 4.90. The van der Waals surface area contributed by atoms with Crippen molar-refractivity contribution in [1.82, 2.24) is 20.4 Å². The summed E-state index contributed by atoms with van der Waals surface area (Å²) in [5, 5.41) is 5.18. The number of rotatable bonds is 4. The van der Waals surface area contributed by atoms with Crippen molar-refractivity contribution in [2.24, 2.45) is 5.73 Å². The van der Waals surface area contributed by atoms with E-state index in [0.717, 1.165) is 19.6 Å². The van der Waals surface area contributed by atoms with Gasteiger partial charge in [-0.2, -0.15) is 0 Å². The van der Waals surface area contributed by atoms with Gasteiger partial charge in [0, 0.05) is 32.2 Å². The van der Waals surface area contributed by atoms with Crippen LogP contribution in [0.25, 0.3) is 0 Å². The van der Waals surface area contributed by atoms with Gasteiger partial charge in [0.2, 0.25) is 5.91 Å². The molecule has 7 heteroatoms. The Morgan fingerprint density at radius 3 is 2.67 bits per heavy atom. The highest BCUT2D eigenvalue weighted by Crippen LogP contribution is 2.04. The van der Waals surface area contributed by atoms with E-state index in [1.165, 1.54) is 0 Å². The molecule has 1 saturated heterocycles. The number of amides is 3. The number of primary amides is 1. The zero-order valence-corrected chi connectivity index (χ0v) is 11.3. The number of nitrogens with two attached hydrogens (primary N) is 1. The first-order chi connectivity index (χ1) is 8.40. The van der Waals surface area contributed by atoms with Crippen LogP contribution in [0.5, 0.6) is 0 Å². The largest absolute Gasteiger partial charge is 0.351 e. The van der Waals surface area contributed by atoms with Crippen LogP contribution in [-0.4, -0.2) is 74.1 Å². The predicted octanol–water partition coefficient (Wildman–Crippen LogP) is -1.59. The van der Waals surface area contributed by atoms with E-state index in [0.29, 0.717) is 12.6 Å². The Bertz CT molecular complexity index is 310. The Labute approximate surface area is 108 Å². The zero-order chi connectivity index (χ0) is 13.7. The number of hydrogen-bond acceptors (Lipinski definition) is 5. The summed E-state index contributed by atoms with van der Waals surface area (Å²) in [4.78, 5) is 26.6. The van der Waals surface area contributed by atoms with E-state index in [9.17, 15) is 9.59 Å². The van der Waals surface area contributed by atoms with Crippen LogP contribution >= 0.6 is 0 Å². The zero-order valence-electron chi connectivity index (χ0n) is 11.3. The summed E-state index contributed by atoms with van der Waals surface area (Å²) in [5.74, 6) is -0.394. The van der Waals surface area contributed by atoms with E-state index in [4.69, 9.17) is 5.73 Å². The third-order valence-corrected chi connectivity index (χ3v) is 3.28. The molecular formula is C11H23N5O2. The van der Waals surface area contributed by atoms with Crippen LogP contribution in [0.4, 0.5) is 4.79 Å². The molecule has 2 atom stereocenters. The molecule has 0 aromatic rings. The maximum absolute atomic E-state index is 11.5. The molecule has 1 heterocycles. The third kappa shape index (κ3) is 4.59. The highest BCUT2D eigenvalue weighted by atomic mass is 16.2. The number of urea groups is 1. The van der Waals surface area contributed by atoms with Gasteiger partial charge in [-0.3, -0.25) is 15.0 Å². The third-order valence-electron chi connectivity index (χ3n) is 3.28. The Balaban J connectivity index is 2.34. The summed E-state index contributed by atoms with van der Waals surface area (Å²) >= 11 is 0. The van der Waals surface area contributed by atoms with Gasteiger partial charge in [-0.15, -0.1) is 0 Å². The van der Waals surface area contributed by atoms with Gasteiger partial charge >= 0.3 is 6.03 Å². The van der Waals surface area contributed by atoms with E-state index in [1.807, 2.05) is 0 Å². The van der Waals surface area contributed by atoms with E-state index >= 15 is 0 Å². The van der Waals surface area contributed by atoms with Gasteiger partial charge in [0.15, 0.2) is 0 Å².